The molecular weight excluding hydrogens is 470 g/mol. The number of carbonyl (C=O) groups excluding carboxylic acids is 1. The van der Waals surface area contributed by atoms with E-state index in [2.05, 4.69) is 10.3 Å². The van der Waals surface area contributed by atoms with Crippen molar-refractivity contribution in [3.8, 4) is 0 Å². The van der Waals surface area contributed by atoms with Gasteiger partial charge in [-0.1, -0.05) is 12.1 Å². The number of amides is 1. The van der Waals surface area contributed by atoms with E-state index in [0.29, 0.717) is 11.2 Å². The van der Waals surface area contributed by atoms with Crippen LogP contribution in [0.4, 0.5) is 11.4 Å². The maximum atomic E-state index is 13.4. The van der Waals surface area contributed by atoms with Gasteiger partial charge < -0.3 is 10.2 Å². The van der Waals surface area contributed by atoms with Crippen molar-refractivity contribution < 1.29 is 18.1 Å². The molecule has 0 radical (unpaired) electrons. The molecule has 35 heavy (non-hydrogen) atoms. The lowest BCUT2D eigenvalue weighted by atomic mass is 10.1. The Kier molecular flexibility index (Phi) is 6.73. The summed E-state index contributed by atoms with van der Waals surface area (Å²) in [5.41, 5.74) is 1.73. The molecule has 2 heterocycles. The number of nitro groups is 1. The molecule has 1 aliphatic heterocycles. The van der Waals surface area contributed by atoms with Crippen molar-refractivity contribution in [1.82, 2.24) is 14.6 Å². The van der Waals surface area contributed by atoms with Gasteiger partial charge in [0.25, 0.3) is 11.6 Å². The zero-order valence-corrected chi connectivity index (χ0v) is 20.6. The van der Waals surface area contributed by atoms with Crippen LogP contribution in [0.25, 0.3) is 10.9 Å². The third kappa shape index (κ3) is 4.96. The minimum absolute atomic E-state index is 0.0998. The summed E-state index contributed by atoms with van der Waals surface area (Å²) in [7, 11) is -3.81. The second-order valence-corrected chi connectivity index (χ2v) is 10.7. The molecule has 1 amide bonds. The number of aromatic nitrogens is 1. The van der Waals surface area contributed by atoms with E-state index in [1.807, 2.05) is 32.9 Å². The van der Waals surface area contributed by atoms with Crippen molar-refractivity contribution in [2.24, 2.45) is 0 Å². The molecule has 1 saturated heterocycles. The number of benzene rings is 2. The van der Waals surface area contributed by atoms with E-state index in [1.54, 1.807) is 35.4 Å². The summed E-state index contributed by atoms with van der Waals surface area (Å²) >= 11 is 0. The van der Waals surface area contributed by atoms with Crippen LogP contribution in [0.1, 0.15) is 29.8 Å². The number of anilines is 1. The molecule has 0 atom stereocenters. The summed E-state index contributed by atoms with van der Waals surface area (Å²) in [6.07, 6.45) is 1.64. The van der Waals surface area contributed by atoms with Gasteiger partial charge in [0.15, 0.2) is 0 Å². The number of rotatable bonds is 6. The Bertz CT molecular complexity index is 1400. The number of carbonyl (C=O) groups is 1. The van der Waals surface area contributed by atoms with Gasteiger partial charge in [0.1, 0.15) is 10.6 Å². The Morgan fingerprint density at radius 2 is 1.83 bits per heavy atom. The largest absolute Gasteiger partial charge is 0.363 e. The topological polar surface area (TPSA) is 126 Å². The average molecular weight is 498 g/mol. The van der Waals surface area contributed by atoms with Crippen LogP contribution >= 0.6 is 0 Å². The molecule has 11 heteroatoms. The number of para-hydroxylation sites is 1. The summed E-state index contributed by atoms with van der Waals surface area (Å²) in [5, 5.41) is 15.2. The highest BCUT2D eigenvalue weighted by Gasteiger charge is 2.32. The summed E-state index contributed by atoms with van der Waals surface area (Å²) < 4.78 is 28.2. The Hall–Kier alpha value is -3.57. The van der Waals surface area contributed by atoms with Gasteiger partial charge in [0, 0.05) is 55.4 Å². The van der Waals surface area contributed by atoms with Gasteiger partial charge >= 0.3 is 0 Å². The molecule has 1 aliphatic rings. The second kappa shape index (κ2) is 9.59. The maximum Gasteiger partial charge on any atom is 0.293 e. The normalized spacial score (nSPS) is 14.9. The Labute approximate surface area is 203 Å². The summed E-state index contributed by atoms with van der Waals surface area (Å²) in [6, 6.07) is 11.2. The minimum Gasteiger partial charge on any atom is -0.363 e. The van der Waals surface area contributed by atoms with E-state index in [0.717, 1.165) is 10.9 Å². The van der Waals surface area contributed by atoms with Crippen LogP contribution in [0.15, 0.2) is 53.6 Å². The number of aryl methyl sites for hydroxylation is 1. The van der Waals surface area contributed by atoms with Crippen molar-refractivity contribution in [3.63, 3.8) is 0 Å². The van der Waals surface area contributed by atoms with Gasteiger partial charge in [-0.3, -0.25) is 19.9 Å². The number of nitro benzene ring substituents is 1. The van der Waals surface area contributed by atoms with Gasteiger partial charge in [-0.2, -0.15) is 4.31 Å². The van der Waals surface area contributed by atoms with Crippen LogP contribution in [0.3, 0.4) is 0 Å². The molecule has 1 fully saturated rings. The highest BCUT2D eigenvalue weighted by molar-refractivity contribution is 7.89. The molecule has 2 aromatic carbocycles. The van der Waals surface area contributed by atoms with Crippen LogP contribution in [-0.4, -0.2) is 60.8 Å². The number of hydrogen-bond donors (Lipinski definition) is 1. The fourth-order valence-electron chi connectivity index (χ4n) is 4.18. The average Bonchev–Trinajstić information content (AvgIpc) is 2.82. The van der Waals surface area contributed by atoms with E-state index < -0.39 is 14.9 Å². The van der Waals surface area contributed by atoms with E-state index in [9.17, 15) is 23.3 Å². The molecule has 3 aromatic rings. The standard InChI is InChI=1S/C24H27N5O5S/c1-16(2)26-24(30)19-7-8-20(21(14-19)29(31)32)27-9-11-28(12-10-27)35(33,34)22-6-4-5-18-13-17(3)15-25-23(18)22/h4-8,13-16H,9-12H2,1-3H3,(H,26,30). The lowest BCUT2D eigenvalue weighted by Crippen LogP contribution is -2.48. The number of pyridine rings is 1. The van der Waals surface area contributed by atoms with Crippen LogP contribution < -0.4 is 10.2 Å². The molecule has 0 aliphatic carbocycles. The molecule has 4 rings (SSSR count). The fraction of sp³-hybridized carbons (Fsp3) is 0.333. The van der Waals surface area contributed by atoms with Crippen LogP contribution in [-0.2, 0) is 10.0 Å². The lowest BCUT2D eigenvalue weighted by molar-refractivity contribution is -0.384. The quantitative estimate of drug-likeness (QED) is 0.410. The first-order valence-electron chi connectivity index (χ1n) is 11.3. The molecule has 0 saturated carbocycles. The number of nitrogens with one attached hydrogen (secondary N) is 1. The van der Waals surface area contributed by atoms with Gasteiger partial charge in [-0.25, -0.2) is 8.42 Å². The van der Waals surface area contributed by atoms with Crippen LogP contribution in [0.5, 0.6) is 0 Å². The third-order valence-electron chi connectivity index (χ3n) is 5.86. The van der Waals surface area contributed by atoms with Crippen molar-refractivity contribution in [2.45, 2.75) is 31.7 Å². The SMILES string of the molecule is Cc1cnc2c(S(=O)(=O)N3CCN(c4ccc(C(=O)NC(C)C)cc4[N+](=O)[O-])CC3)cccc2c1. The lowest BCUT2D eigenvalue weighted by Gasteiger charge is -2.35. The summed E-state index contributed by atoms with van der Waals surface area (Å²) in [4.78, 5) is 29.8. The van der Waals surface area contributed by atoms with Gasteiger partial charge in [0.2, 0.25) is 10.0 Å². The summed E-state index contributed by atoms with van der Waals surface area (Å²) in [5.74, 6) is -0.385. The first kappa shape index (κ1) is 24.6. The number of fused-ring (bicyclic) bond motifs is 1. The number of sulfonamides is 1. The molecule has 10 nitrogen and oxygen atoms in total. The predicted octanol–water partition coefficient (Wildman–Crippen LogP) is 3.10. The third-order valence-corrected chi connectivity index (χ3v) is 7.79. The first-order valence-corrected chi connectivity index (χ1v) is 12.7. The van der Waals surface area contributed by atoms with E-state index in [1.165, 1.54) is 10.4 Å². The molecular formula is C24H27N5O5S. The minimum atomic E-state index is -3.81. The maximum absolute atomic E-state index is 13.4. The van der Waals surface area contributed by atoms with Gasteiger partial charge in [-0.05, 0) is 50.6 Å². The second-order valence-electron chi connectivity index (χ2n) is 8.82. The highest BCUT2D eigenvalue weighted by atomic mass is 32.2. The van der Waals surface area contributed by atoms with E-state index in [-0.39, 0.29) is 54.3 Å². The van der Waals surface area contributed by atoms with Gasteiger partial charge in [-0.15, -0.1) is 0 Å². The highest BCUT2D eigenvalue weighted by Crippen LogP contribution is 2.32. The smallest absolute Gasteiger partial charge is 0.293 e. The Balaban J connectivity index is 1.56. The number of nitrogens with zero attached hydrogens (tertiary/aromatic N) is 4. The molecule has 0 unspecified atom stereocenters. The summed E-state index contributed by atoms with van der Waals surface area (Å²) in [6.45, 7) is 6.39. The Morgan fingerprint density at radius 1 is 1.11 bits per heavy atom. The van der Waals surface area contributed by atoms with Crippen LogP contribution in [0, 0.1) is 17.0 Å². The molecule has 1 aromatic heterocycles. The monoisotopic (exact) mass is 497 g/mol. The molecule has 0 bridgehead atoms. The fourth-order valence-corrected chi connectivity index (χ4v) is 5.77. The number of piperazine rings is 1. The molecule has 184 valence electrons. The van der Waals surface area contributed by atoms with E-state index >= 15 is 0 Å². The predicted molar refractivity (Wildman–Crippen MR) is 133 cm³/mol. The van der Waals surface area contributed by atoms with Crippen molar-refractivity contribution >= 4 is 38.2 Å². The molecule has 1 N–H and O–H groups in total. The first-order chi connectivity index (χ1) is 16.6. The van der Waals surface area contributed by atoms with Crippen LogP contribution in [0.2, 0.25) is 0 Å². The zero-order chi connectivity index (χ0) is 25.3. The van der Waals surface area contributed by atoms with Crippen molar-refractivity contribution in [2.75, 3.05) is 31.1 Å². The number of hydrogen-bond acceptors (Lipinski definition) is 7. The van der Waals surface area contributed by atoms with Gasteiger partial charge in [0.05, 0.1) is 10.4 Å². The van der Waals surface area contributed by atoms with Crippen molar-refractivity contribution in [1.29, 1.82) is 0 Å². The van der Waals surface area contributed by atoms with E-state index in [4.69, 9.17) is 0 Å². The zero-order valence-electron chi connectivity index (χ0n) is 19.8. The Morgan fingerprint density at radius 3 is 2.49 bits per heavy atom. The molecule has 0 spiro atoms. The van der Waals surface area contributed by atoms with Crippen molar-refractivity contribution in [3.05, 3.63) is 69.9 Å².